The van der Waals surface area contributed by atoms with Crippen molar-refractivity contribution in [1.82, 2.24) is 10.2 Å². The number of ether oxygens (including phenoxy) is 1. The van der Waals surface area contributed by atoms with E-state index in [1.807, 2.05) is 36.4 Å². The molecule has 3 aromatic rings. The minimum Gasteiger partial charge on any atom is -0.488 e. The number of halogens is 3. The van der Waals surface area contributed by atoms with E-state index in [2.05, 4.69) is 22.3 Å². The first-order valence-electron chi connectivity index (χ1n) is 12.6. The number of rotatable bonds is 9. The Kier molecular flexibility index (Phi) is 7.32. The van der Waals surface area contributed by atoms with Gasteiger partial charge in [0.1, 0.15) is 12.4 Å². The van der Waals surface area contributed by atoms with E-state index in [1.54, 1.807) is 0 Å². The number of nitrogens with one attached hydrogen (secondary N) is 1. The summed E-state index contributed by atoms with van der Waals surface area (Å²) in [7, 11) is 0. The highest BCUT2D eigenvalue weighted by molar-refractivity contribution is 5.72. The molecular weight excluding hydrogens is 463 g/mol. The maximum Gasteiger partial charge on any atom is 0.416 e. The van der Waals surface area contributed by atoms with Crippen LogP contribution in [0.4, 0.5) is 13.2 Å². The van der Waals surface area contributed by atoms with Gasteiger partial charge in [-0.15, -0.1) is 0 Å². The molecule has 0 amide bonds. The maximum absolute atomic E-state index is 13.1. The summed E-state index contributed by atoms with van der Waals surface area (Å²) >= 11 is 0. The zero-order valence-electron chi connectivity index (χ0n) is 20.2. The summed E-state index contributed by atoms with van der Waals surface area (Å²) in [6.07, 6.45) is -2.24. The van der Waals surface area contributed by atoms with Crippen LogP contribution in [0.25, 0.3) is 11.1 Å². The molecule has 2 fully saturated rings. The van der Waals surface area contributed by atoms with Crippen molar-refractivity contribution < 1.29 is 17.9 Å². The number of nitrogens with two attached hydrogens (primary N) is 1. The summed E-state index contributed by atoms with van der Waals surface area (Å²) in [4.78, 5) is 2.40. The molecule has 5 rings (SSSR count). The summed E-state index contributed by atoms with van der Waals surface area (Å²) < 4.78 is 45.5. The van der Waals surface area contributed by atoms with Gasteiger partial charge in [-0.25, -0.2) is 0 Å². The third-order valence-electron chi connectivity index (χ3n) is 7.13. The smallest absolute Gasteiger partial charge is 0.416 e. The lowest BCUT2D eigenvalue weighted by Crippen LogP contribution is -2.33. The molecular formula is C29H32F3N3O. The topological polar surface area (TPSA) is 50.5 Å². The molecule has 2 aliphatic rings. The van der Waals surface area contributed by atoms with Crippen molar-refractivity contribution in [3.05, 3.63) is 89.5 Å². The van der Waals surface area contributed by atoms with E-state index in [-0.39, 0.29) is 0 Å². The quantitative estimate of drug-likeness (QED) is 0.416. The van der Waals surface area contributed by atoms with Crippen LogP contribution in [0.15, 0.2) is 72.8 Å². The highest BCUT2D eigenvalue weighted by atomic mass is 19.4. The van der Waals surface area contributed by atoms with Crippen LogP contribution in [0.2, 0.25) is 0 Å². The molecule has 1 aliphatic heterocycles. The van der Waals surface area contributed by atoms with Crippen molar-refractivity contribution in [3.63, 3.8) is 0 Å². The Bertz CT molecular complexity index is 1150. The van der Waals surface area contributed by atoms with E-state index >= 15 is 0 Å². The van der Waals surface area contributed by atoms with Crippen molar-refractivity contribution in [2.45, 2.75) is 43.6 Å². The van der Waals surface area contributed by atoms with Crippen LogP contribution in [-0.4, -0.2) is 43.2 Å². The van der Waals surface area contributed by atoms with Crippen LogP contribution in [0.1, 0.15) is 35.4 Å². The second-order valence-electron chi connectivity index (χ2n) is 9.86. The second kappa shape index (κ2) is 10.6. The van der Waals surface area contributed by atoms with Crippen LogP contribution in [0.5, 0.6) is 5.75 Å². The van der Waals surface area contributed by atoms with Gasteiger partial charge in [-0.2, -0.15) is 13.2 Å². The number of hydrogen-bond donors (Lipinski definition) is 2. The summed E-state index contributed by atoms with van der Waals surface area (Å²) in [6.45, 7) is 4.36. The van der Waals surface area contributed by atoms with Gasteiger partial charge in [0.15, 0.2) is 0 Å². The second-order valence-corrected chi connectivity index (χ2v) is 9.86. The van der Waals surface area contributed by atoms with Gasteiger partial charge >= 0.3 is 6.18 Å². The van der Waals surface area contributed by atoms with Crippen LogP contribution in [0, 0.1) is 0 Å². The Morgan fingerprint density at radius 1 is 1.00 bits per heavy atom. The molecule has 2 unspecified atom stereocenters. The van der Waals surface area contributed by atoms with E-state index in [1.165, 1.54) is 17.7 Å². The predicted octanol–water partition coefficient (Wildman–Crippen LogP) is 5.43. The van der Waals surface area contributed by atoms with Gasteiger partial charge in [0.05, 0.1) is 5.56 Å². The largest absolute Gasteiger partial charge is 0.488 e. The predicted molar refractivity (Wildman–Crippen MR) is 136 cm³/mol. The average molecular weight is 496 g/mol. The van der Waals surface area contributed by atoms with Gasteiger partial charge in [-0.3, -0.25) is 0 Å². The van der Waals surface area contributed by atoms with Crippen molar-refractivity contribution >= 4 is 0 Å². The van der Waals surface area contributed by atoms with Gasteiger partial charge in [-0.1, -0.05) is 48.5 Å². The molecule has 36 heavy (non-hydrogen) atoms. The van der Waals surface area contributed by atoms with Crippen molar-refractivity contribution in [3.8, 4) is 16.9 Å². The number of alkyl halides is 3. The lowest BCUT2D eigenvalue weighted by atomic mass is 9.98. The third-order valence-corrected chi connectivity index (χ3v) is 7.13. The van der Waals surface area contributed by atoms with E-state index in [0.717, 1.165) is 62.3 Å². The third kappa shape index (κ3) is 6.09. The summed E-state index contributed by atoms with van der Waals surface area (Å²) in [6, 6.07) is 22.0. The molecule has 0 bridgehead atoms. The van der Waals surface area contributed by atoms with Gasteiger partial charge in [0, 0.05) is 43.2 Å². The minimum absolute atomic E-state index is 0.296. The van der Waals surface area contributed by atoms with Crippen molar-refractivity contribution in [2.75, 3.05) is 26.2 Å². The first-order chi connectivity index (χ1) is 17.4. The highest BCUT2D eigenvalue weighted by Crippen LogP contribution is 2.44. The normalized spacial score (nSPS) is 22.1. The summed E-state index contributed by atoms with van der Waals surface area (Å²) in [5.74, 6) is 1.06. The van der Waals surface area contributed by atoms with Gasteiger partial charge in [0.2, 0.25) is 0 Å². The average Bonchev–Trinajstić information content (AvgIpc) is 3.53. The van der Waals surface area contributed by atoms with Gasteiger partial charge in [-0.05, 0) is 60.3 Å². The van der Waals surface area contributed by atoms with Gasteiger partial charge in [0.25, 0.3) is 0 Å². The number of benzene rings is 3. The van der Waals surface area contributed by atoms with E-state index in [4.69, 9.17) is 10.5 Å². The van der Waals surface area contributed by atoms with E-state index in [9.17, 15) is 13.2 Å². The number of likely N-dealkylation sites (tertiary alicyclic amines) is 1. The fourth-order valence-corrected chi connectivity index (χ4v) is 4.97. The fourth-order valence-electron chi connectivity index (χ4n) is 4.97. The molecule has 1 aliphatic carbocycles. The fraction of sp³-hybridized carbons (Fsp3) is 0.379. The van der Waals surface area contributed by atoms with Crippen LogP contribution in [0.3, 0.4) is 0 Å². The standard InChI is InChI=1S/C29H32F3N3O/c30-29(31,32)23-9-6-21(7-10-23)26-16-22(8-11-28(26)36-19-20-4-2-1-3-5-20)25-17-27(25)34-13-15-35-14-12-24(33)18-35/h1-11,16,24-25,27,34H,12-15,17-19,33H2/t24-,25?,27?/m1/s1. The number of nitrogens with zero attached hydrogens (tertiary/aromatic N) is 1. The summed E-state index contributed by atoms with van der Waals surface area (Å²) in [5, 5.41) is 3.65. The Morgan fingerprint density at radius 3 is 2.47 bits per heavy atom. The molecule has 7 heteroatoms. The molecule has 0 spiro atoms. The van der Waals surface area contributed by atoms with E-state index in [0.29, 0.717) is 35.9 Å². The molecule has 3 aromatic carbocycles. The molecule has 0 aromatic heterocycles. The first kappa shape index (κ1) is 24.8. The molecule has 1 saturated heterocycles. The Labute approximate surface area is 210 Å². The van der Waals surface area contributed by atoms with Crippen LogP contribution in [-0.2, 0) is 12.8 Å². The lowest BCUT2D eigenvalue weighted by Gasteiger charge is -2.16. The molecule has 3 N–H and O–H groups in total. The zero-order valence-corrected chi connectivity index (χ0v) is 20.2. The lowest BCUT2D eigenvalue weighted by molar-refractivity contribution is -0.137. The molecule has 4 nitrogen and oxygen atoms in total. The molecule has 1 heterocycles. The SMILES string of the molecule is N[C@@H]1CCN(CCNC2CC2c2ccc(OCc3ccccc3)c(-c3ccc(C(F)(F)F)cc3)c2)C1. The van der Waals surface area contributed by atoms with Crippen LogP contribution >= 0.6 is 0 Å². The van der Waals surface area contributed by atoms with Gasteiger partial charge < -0.3 is 20.7 Å². The Balaban J connectivity index is 1.30. The monoisotopic (exact) mass is 495 g/mol. The maximum atomic E-state index is 13.1. The first-order valence-corrected chi connectivity index (χ1v) is 12.6. The molecule has 190 valence electrons. The molecule has 0 radical (unpaired) electrons. The number of hydrogen-bond acceptors (Lipinski definition) is 4. The molecule has 1 saturated carbocycles. The molecule has 3 atom stereocenters. The highest BCUT2D eigenvalue weighted by Gasteiger charge is 2.38. The zero-order chi connectivity index (χ0) is 25.1. The Hall–Kier alpha value is -2.87. The Morgan fingerprint density at radius 2 is 1.78 bits per heavy atom. The summed E-state index contributed by atoms with van der Waals surface area (Å²) in [5.41, 5.74) is 9.08. The van der Waals surface area contributed by atoms with Crippen molar-refractivity contribution in [1.29, 1.82) is 0 Å². The minimum atomic E-state index is -4.36. The van der Waals surface area contributed by atoms with E-state index < -0.39 is 11.7 Å². The van der Waals surface area contributed by atoms with Crippen LogP contribution < -0.4 is 15.8 Å². The van der Waals surface area contributed by atoms with Crippen molar-refractivity contribution in [2.24, 2.45) is 5.73 Å².